The minimum Gasteiger partial charge on any atom is -0.450 e. The number of hydrogen-bond donors (Lipinski definition) is 0. The van der Waals surface area contributed by atoms with Crippen molar-refractivity contribution in [3.8, 4) is 23.0 Å². The summed E-state index contributed by atoms with van der Waals surface area (Å²) in [7, 11) is 0. The quantitative estimate of drug-likeness (QED) is 0.596. The Morgan fingerprint density at radius 1 is 0.789 bits per heavy atom. The summed E-state index contributed by atoms with van der Waals surface area (Å²) in [6.07, 6.45) is 1.02. The molecule has 1 heterocycles. The van der Waals surface area contributed by atoms with E-state index in [0.29, 0.717) is 0 Å². The highest BCUT2D eigenvalue weighted by molar-refractivity contribution is 5.55. The molecule has 1 aliphatic heterocycles. The minimum absolute atomic E-state index is 0.266. The minimum atomic E-state index is 0.266. The first kappa shape index (κ1) is 12.1. The molecule has 0 radical (unpaired) electrons. The summed E-state index contributed by atoms with van der Waals surface area (Å²) in [5, 5.41) is 0. The van der Waals surface area contributed by atoms with Crippen LogP contribution in [0.2, 0.25) is 0 Å². The summed E-state index contributed by atoms with van der Waals surface area (Å²) < 4.78 is 11.7. The predicted octanol–water partition coefficient (Wildman–Crippen LogP) is 5.17. The van der Waals surface area contributed by atoms with Gasteiger partial charge in [-0.05, 0) is 41.7 Å². The zero-order valence-electron chi connectivity index (χ0n) is 11.6. The molecule has 3 rings (SSSR count). The van der Waals surface area contributed by atoms with Gasteiger partial charge in [-0.25, -0.2) is 0 Å². The molecule has 0 atom stereocenters. The number of hydrogen-bond acceptors (Lipinski definition) is 2. The SMILES string of the molecule is CC(C)(C)Cc1ccc2c(c1)Oc1ccccc1O2. The van der Waals surface area contributed by atoms with Gasteiger partial charge in [-0.15, -0.1) is 0 Å². The normalized spacial score (nSPS) is 13.0. The number of benzene rings is 2. The van der Waals surface area contributed by atoms with Crippen LogP contribution in [0, 0.1) is 5.41 Å². The maximum atomic E-state index is 5.91. The molecule has 0 unspecified atom stereocenters. The van der Waals surface area contributed by atoms with Crippen LogP contribution in [0.3, 0.4) is 0 Å². The van der Waals surface area contributed by atoms with Crippen LogP contribution in [-0.2, 0) is 6.42 Å². The lowest BCUT2D eigenvalue weighted by Gasteiger charge is -2.23. The van der Waals surface area contributed by atoms with Crippen molar-refractivity contribution in [3.63, 3.8) is 0 Å². The van der Waals surface area contributed by atoms with E-state index in [0.717, 1.165) is 29.4 Å². The van der Waals surface area contributed by atoms with Gasteiger partial charge in [0.25, 0.3) is 0 Å². The molecule has 0 fully saturated rings. The van der Waals surface area contributed by atoms with Gasteiger partial charge in [-0.3, -0.25) is 0 Å². The van der Waals surface area contributed by atoms with Crippen LogP contribution in [0.1, 0.15) is 26.3 Å². The van der Waals surface area contributed by atoms with Crippen LogP contribution in [0.15, 0.2) is 42.5 Å². The highest BCUT2D eigenvalue weighted by Crippen LogP contribution is 2.45. The Bertz CT molecular complexity index is 609. The Balaban J connectivity index is 1.92. The van der Waals surface area contributed by atoms with E-state index in [1.54, 1.807) is 0 Å². The van der Waals surface area contributed by atoms with Gasteiger partial charge in [0.2, 0.25) is 0 Å². The van der Waals surface area contributed by atoms with Crippen molar-refractivity contribution in [2.24, 2.45) is 5.41 Å². The lowest BCUT2D eigenvalue weighted by atomic mass is 9.88. The number of ether oxygens (including phenoxy) is 2. The van der Waals surface area contributed by atoms with Crippen LogP contribution in [-0.4, -0.2) is 0 Å². The van der Waals surface area contributed by atoms with Crippen molar-refractivity contribution < 1.29 is 9.47 Å². The molecular weight excluding hydrogens is 236 g/mol. The Hall–Kier alpha value is -1.96. The number of para-hydroxylation sites is 2. The van der Waals surface area contributed by atoms with E-state index in [4.69, 9.17) is 9.47 Å². The molecule has 2 nitrogen and oxygen atoms in total. The van der Waals surface area contributed by atoms with Crippen molar-refractivity contribution >= 4 is 0 Å². The Morgan fingerprint density at radius 2 is 1.37 bits per heavy atom. The van der Waals surface area contributed by atoms with E-state index < -0.39 is 0 Å². The van der Waals surface area contributed by atoms with Gasteiger partial charge in [0.15, 0.2) is 23.0 Å². The molecule has 0 saturated heterocycles. The molecule has 1 aliphatic rings. The third-order valence-corrected chi connectivity index (χ3v) is 3.03. The fourth-order valence-electron chi connectivity index (χ4n) is 2.29. The summed E-state index contributed by atoms with van der Waals surface area (Å²) in [5.41, 5.74) is 1.54. The van der Waals surface area contributed by atoms with Crippen LogP contribution >= 0.6 is 0 Å². The molecule has 0 N–H and O–H groups in total. The second-order valence-corrected chi connectivity index (χ2v) is 6.17. The van der Waals surface area contributed by atoms with Gasteiger partial charge < -0.3 is 9.47 Å². The van der Waals surface area contributed by atoms with E-state index in [-0.39, 0.29) is 5.41 Å². The lowest BCUT2D eigenvalue weighted by molar-refractivity contribution is 0.357. The van der Waals surface area contributed by atoms with Crippen molar-refractivity contribution in [1.29, 1.82) is 0 Å². The molecule has 0 aliphatic carbocycles. The molecule has 0 bridgehead atoms. The number of rotatable bonds is 1. The second-order valence-electron chi connectivity index (χ2n) is 6.17. The van der Waals surface area contributed by atoms with Crippen molar-refractivity contribution in [1.82, 2.24) is 0 Å². The van der Waals surface area contributed by atoms with Crippen LogP contribution in [0.4, 0.5) is 0 Å². The highest BCUT2D eigenvalue weighted by Gasteiger charge is 2.19. The first-order valence-corrected chi connectivity index (χ1v) is 6.59. The largest absolute Gasteiger partial charge is 0.450 e. The monoisotopic (exact) mass is 254 g/mol. The van der Waals surface area contributed by atoms with E-state index in [1.165, 1.54) is 5.56 Å². The average molecular weight is 254 g/mol. The molecule has 0 saturated carbocycles. The Morgan fingerprint density at radius 3 is 2.00 bits per heavy atom. The van der Waals surface area contributed by atoms with E-state index in [9.17, 15) is 0 Å². The van der Waals surface area contributed by atoms with Gasteiger partial charge >= 0.3 is 0 Å². The molecule has 2 heteroatoms. The molecule has 0 spiro atoms. The maximum Gasteiger partial charge on any atom is 0.170 e. The van der Waals surface area contributed by atoms with E-state index in [2.05, 4.69) is 32.9 Å². The van der Waals surface area contributed by atoms with Crippen molar-refractivity contribution in [3.05, 3.63) is 48.0 Å². The molecule has 98 valence electrons. The van der Waals surface area contributed by atoms with Gasteiger partial charge in [0.05, 0.1) is 0 Å². The zero-order valence-corrected chi connectivity index (χ0v) is 11.6. The second kappa shape index (κ2) is 4.30. The predicted molar refractivity (Wildman–Crippen MR) is 76.2 cm³/mol. The molecule has 19 heavy (non-hydrogen) atoms. The lowest BCUT2D eigenvalue weighted by Crippen LogP contribution is -2.09. The van der Waals surface area contributed by atoms with E-state index in [1.807, 2.05) is 30.3 Å². The third kappa shape index (κ3) is 2.58. The summed E-state index contributed by atoms with van der Waals surface area (Å²) in [4.78, 5) is 0. The fraction of sp³-hybridized carbons (Fsp3) is 0.294. The molecule has 2 aromatic rings. The standard InChI is InChI=1S/C17H18O2/c1-17(2,3)11-12-8-9-15-16(10-12)19-14-7-5-4-6-13(14)18-15/h4-10H,11H2,1-3H3. The topological polar surface area (TPSA) is 18.5 Å². The zero-order chi connectivity index (χ0) is 13.5. The van der Waals surface area contributed by atoms with Crippen LogP contribution < -0.4 is 9.47 Å². The summed E-state index contributed by atoms with van der Waals surface area (Å²) in [5.74, 6) is 3.15. The molecular formula is C17H18O2. The summed E-state index contributed by atoms with van der Waals surface area (Å²) in [6, 6.07) is 13.9. The first-order chi connectivity index (χ1) is 9.01. The third-order valence-electron chi connectivity index (χ3n) is 3.03. The number of fused-ring (bicyclic) bond motifs is 2. The van der Waals surface area contributed by atoms with Gasteiger partial charge in [-0.2, -0.15) is 0 Å². The Kier molecular flexibility index (Phi) is 2.74. The van der Waals surface area contributed by atoms with Gasteiger partial charge in [-0.1, -0.05) is 39.0 Å². The van der Waals surface area contributed by atoms with Crippen LogP contribution in [0.25, 0.3) is 0 Å². The van der Waals surface area contributed by atoms with Crippen LogP contribution in [0.5, 0.6) is 23.0 Å². The highest BCUT2D eigenvalue weighted by atomic mass is 16.6. The molecule has 0 aromatic heterocycles. The molecule has 2 aromatic carbocycles. The van der Waals surface area contributed by atoms with Crippen molar-refractivity contribution in [2.75, 3.05) is 0 Å². The smallest absolute Gasteiger partial charge is 0.170 e. The molecule has 0 amide bonds. The van der Waals surface area contributed by atoms with Crippen molar-refractivity contribution in [2.45, 2.75) is 27.2 Å². The summed E-state index contributed by atoms with van der Waals surface area (Å²) in [6.45, 7) is 6.71. The average Bonchev–Trinajstić information content (AvgIpc) is 2.34. The summed E-state index contributed by atoms with van der Waals surface area (Å²) >= 11 is 0. The maximum absolute atomic E-state index is 5.91. The van der Waals surface area contributed by atoms with E-state index >= 15 is 0 Å². The fourth-order valence-corrected chi connectivity index (χ4v) is 2.29. The first-order valence-electron chi connectivity index (χ1n) is 6.59. The van der Waals surface area contributed by atoms with Gasteiger partial charge in [0, 0.05) is 0 Å². The van der Waals surface area contributed by atoms with Gasteiger partial charge in [0.1, 0.15) is 0 Å². The Labute approximate surface area is 114 Å².